The summed E-state index contributed by atoms with van der Waals surface area (Å²) in [4.78, 5) is 1.16. The lowest BCUT2D eigenvalue weighted by Gasteiger charge is -2.42. The smallest absolute Gasteiger partial charge is 0.411 e. The van der Waals surface area contributed by atoms with Crippen molar-refractivity contribution >= 4 is 45.8 Å². The Bertz CT molecular complexity index is 1030. The van der Waals surface area contributed by atoms with Gasteiger partial charge < -0.3 is 8.99 Å². The fraction of sp³-hybridized carbons (Fsp3) is 0.500. The average Bonchev–Trinajstić information content (AvgIpc) is 3.21. The van der Waals surface area contributed by atoms with Crippen molar-refractivity contribution in [3.05, 3.63) is 57.0 Å². The standard InChI is InChI=1S/C24H31BrF3NOSSi/c1-15(2)32(16(3)4,17(5)6)30-14-21-22(25)23-20(31-21)11-12-29(23)13-18-7-9-19(10-8-18)24(26,27)28/h7-12,15-17H,13-14H2,1-6H3. The summed E-state index contributed by atoms with van der Waals surface area (Å²) >= 11 is 5.51. The second-order valence-corrected chi connectivity index (χ2v) is 16.7. The van der Waals surface area contributed by atoms with Crippen LogP contribution in [0.3, 0.4) is 0 Å². The molecule has 8 heteroatoms. The molecular weight excluding hydrogens is 515 g/mol. The van der Waals surface area contributed by atoms with Crippen LogP contribution < -0.4 is 0 Å². The molecule has 32 heavy (non-hydrogen) atoms. The number of benzene rings is 1. The van der Waals surface area contributed by atoms with Gasteiger partial charge in [-0.05, 0) is 56.3 Å². The van der Waals surface area contributed by atoms with Crippen molar-refractivity contribution in [3.8, 4) is 0 Å². The molecule has 0 bridgehead atoms. The summed E-state index contributed by atoms with van der Waals surface area (Å²) in [5.41, 5.74) is 2.83. The molecule has 176 valence electrons. The van der Waals surface area contributed by atoms with Crippen molar-refractivity contribution in [2.24, 2.45) is 0 Å². The van der Waals surface area contributed by atoms with Crippen molar-refractivity contribution in [2.45, 2.75) is 77.5 Å². The van der Waals surface area contributed by atoms with E-state index in [0.717, 1.165) is 37.3 Å². The van der Waals surface area contributed by atoms with Crippen molar-refractivity contribution in [1.29, 1.82) is 0 Å². The summed E-state index contributed by atoms with van der Waals surface area (Å²) in [6.07, 6.45) is -2.32. The molecule has 2 nitrogen and oxygen atoms in total. The molecule has 0 aliphatic heterocycles. The van der Waals surface area contributed by atoms with Crippen molar-refractivity contribution in [1.82, 2.24) is 4.57 Å². The summed E-state index contributed by atoms with van der Waals surface area (Å²) in [6, 6.07) is 7.45. The number of alkyl halides is 3. The second kappa shape index (κ2) is 9.64. The topological polar surface area (TPSA) is 14.2 Å². The molecule has 0 radical (unpaired) electrons. The number of aromatic nitrogens is 1. The molecule has 0 saturated heterocycles. The minimum Gasteiger partial charge on any atom is -0.411 e. The zero-order valence-corrected chi connectivity index (χ0v) is 22.8. The normalized spacial score (nSPS) is 13.3. The van der Waals surface area contributed by atoms with Gasteiger partial charge in [-0.25, -0.2) is 0 Å². The van der Waals surface area contributed by atoms with Gasteiger partial charge in [-0.2, -0.15) is 13.2 Å². The molecule has 0 saturated carbocycles. The third kappa shape index (κ3) is 4.88. The minimum atomic E-state index is -4.31. The Hall–Kier alpha value is -1.09. The van der Waals surface area contributed by atoms with Gasteiger partial charge in [0.05, 0.1) is 26.9 Å². The lowest BCUT2D eigenvalue weighted by molar-refractivity contribution is -0.137. The van der Waals surface area contributed by atoms with E-state index < -0.39 is 20.1 Å². The van der Waals surface area contributed by atoms with Gasteiger partial charge in [0.15, 0.2) is 0 Å². The van der Waals surface area contributed by atoms with Gasteiger partial charge >= 0.3 is 6.18 Å². The van der Waals surface area contributed by atoms with Crippen LogP contribution >= 0.6 is 27.3 Å². The highest BCUT2D eigenvalue weighted by Crippen LogP contribution is 2.44. The molecule has 0 aliphatic rings. The molecule has 0 unspecified atom stereocenters. The Morgan fingerprint density at radius 2 is 1.53 bits per heavy atom. The quantitative estimate of drug-likeness (QED) is 0.257. The van der Waals surface area contributed by atoms with Gasteiger partial charge in [-0.15, -0.1) is 11.3 Å². The van der Waals surface area contributed by atoms with E-state index in [2.05, 4.69) is 68.1 Å². The van der Waals surface area contributed by atoms with E-state index in [1.54, 1.807) is 23.5 Å². The fourth-order valence-corrected chi connectivity index (χ4v) is 12.4. The van der Waals surface area contributed by atoms with Gasteiger partial charge in [-0.1, -0.05) is 53.7 Å². The summed E-state index contributed by atoms with van der Waals surface area (Å²) in [5.74, 6) is 0. The highest BCUT2D eigenvalue weighted by Gasteiger charge is 2.45. The predicted molar refractivity (Wildman–Crippen MR) is 134 cm³/mol. The Morgan fingerprint density at radius 1 is 0.969 bits per heavy atom. The summed E-state index contributed by atoms with van der Waals surface area (Å²) in [6.45, 7) is 14.8. The van der Waals surface area contributed by atoms with Crippen LogP contribution in [-0.2, 0) is 23.8 Å². The number of nitrogens with zero attached hydrogens (tertiary/aromatic N) is 1. The van der Waals surface area contributed by atoms with E-state index in [-0.39, 0.29) is 0 Å². The predicted octanol–water partition coefficient (Wildman–Crippen LogP) is 9.22. The number of rotatable bonds is 8. The zero-order valence-electron chi connectivity index (χ0n) is 19.4. The molecule has 2 aromatic heterocycles. The van der Waals surface area contributed by atoms with E-state index in [4.69, 9.17) is 4.43 Å². The van der Waals surface area contributed by atoms with E-state index >= 15 is 0 Å². The first-order valence-corrected chi connectivity index (χ1v) is 14.7. The van der Waals surface area contributed by atoms with Crippen LogP contribution in [0.4, 0.5) is 13.2 Å². The highest BCUT2D eigenvalue weighted by atomic mass is 79.9. The molecule has 2 heterocycles. The maximum Gasteiger partial charge on any atom is 0.416 e. The number of fused-ring (bicyclic) bond motifs is 1. The van der Waals surface area contributed by atoms with Crippen molar-refractivity contribution < 1.29 is 17.6 Å². The molecule has 0 fully saturated rings. The lowest BCUT2D eigenvalue weighted by Crippen LogP contribution is -2.47. The SMILES string of the molecule is CC(C)[Si](OCc1sc2ccn(Cc3ccc(C(F)(F)F)cc3)c2c1Br)(C(C)C)C(C)C. The number of hydrogen-bond acceptors (Lipinski definition) is 2. The Morgan fingerprint density at radius 3 is 2.03 bits per heavy atom. The average molecular weight is 547 g/mol. The molecular formula is C24H31BrF3NOSSi. The van der Waals surface area contributed by atoms with Crippen LogP contribution in [-0.4, -0.2) is 12.9 Å². The summed E-state index contributed by atoms with van der Waals surface area (Å²) in [5, 5.41) is 0. The summed E-state index contributed by atoms with van der Waals surface area (Å²) in [7, 11) is -1.97. The third-order valence-electron chi connectivity index (χ3n) is 6.41. The highest BCUT2D eigenvalue weighted by molar-refractivity contribution is 9.10. The lowest BCUT2D eigenvalue weighted by atomic mass is 10.1. The van der Waals surface area contributed by atoms with Gasteiger partial charge in [-0.3, -0.25) is 0 Å². The molecule has 0 amide bonds. The van der Waals surface area contributed by atoms with Crippen LogP contribution in [0.15, 0.2) is 41.0 Å². The summed E-state index contributed by atoms with van der Waals surface area (Å²) < 4.78 is 49.6. The largest absolute Gasteiger partial charge is 0.416 e. The van der Waals surface area contributed by atoms with Crippen molar-refractivity contribution in [2.75, 3.05) is 0 Å². The Labute approximate surface area is 202 Å². The first kappa shape index (κ1) is 25.5. The van der Waals surface area contributed by atoms with Crippen molar-refractivity contribution in [3.63, 3.8) is 0 Å². The van der Waals surface area contributed by atoms with Crippen LogP contribution in [0.5, 0.6) is 0 Å². The van der Waals surface area contributed by atoms with Crippen LogP contribution in [0.25, 0.3) is 10.2 Å². The minimum absolute atomic E-state index is 0.514. The third-order valence-corrected chi connectivity index (χ3v) is 14.7. The molecule has 3 rings (SSSR count). The van der Waals surface area contributed by atoms with Gasteiger partial charge in [0.1, 0.15) is 0 Å². The second-order valence-electron chi connectivity index (χ2n) is 9.30. The zero-order chi connectivity index (χ0) is 23.8. The number of thiophene rings is 1. The first-order valence-electron chi connectivity index (χ1n) is 10.9. The van der Waals surface area contributed by atoms with Gasteiger partial charge in [0.25, 0.3) is 0 Å². The molecule has 0 aliphatic carbocycles. The van der Waals surface area contributed by atoms with Crippen LogP contribution in [0.2, 0.25) is 16.6 Å². The Kier molecular flexibility index (Phi) is 7.69. The number of halogens is 4. The van der Waals surface area contributed by atoms with E-state index in [0.29, 0.717) is 29.8 Å². The maximum atomic E-state index is 12.8. The molecule has 0 atom stereocenters. The van der Waals surface area contributed by atoms with E-state index in [1.165, 1.54) is 0 Å². The van der Waals surface area contributed by atoms with E-state index in [9.17, 15) is 13.2 Å². The number of hydrogen-bond donors (Lipinski definition) is 0. The Balaban J connectivity index is 1.85. The van der Waals surface area contributed by atoms with Gasteiger partial charge in [0, 0.05) is 17.6 Å². The maximum absolute atomic E-state index is 12.8. The monoisotopic (exact) mass is 545 g/mol. The van der Waals surface area contributed by atoms with E-state index in [1.807, 2.05) is 6.20 Å². The molecule has 0 N–H and O–H groups in total. The molecule has 0 spiro atoms. The fourth-order valence-electron chi connectivity index (χ4n) is 4.99. The van der Waals surface area contributed by atoms with Gasteiger partial charge in [0.2, 0.25) is 8.32 Å². The van der Waals surface area contributed by atoms with Crippen LogP contribution in [0, 0.1) is 0 Å². The molecule has 1 aromatic carbocycles. The molecule has 3 aromatic rings. The van der Waals surface area contributed by atoms with Crippen LogP contribution in [0.1, 0.15) is 57.5 Å². The first-order chi connectivity index (χ1) is 14.9.